The number of hydrogen-bond donors (Lipinski definition) is 2. The predicted octanol–water partition coefficient (Wildman–Crippen LogP) is 3.07. The summed E-state index contributed by atoms with van der Waals surface area (Å²) in [6.07, 6.45) is 8.56. The minimum Gasteiger partial charge on any atom is -0.390 e. The summed E-state index contributed by atoms with van der Waals surface area (Å²) in [5, 5.41) is 18.6. The number of nitrogens with one attached hydrogen (secondary N) is 1. The van der Waals surface area contributed by atoms with Crippen LogP contribution >= 0.6 is 0 Å². The fourth-order valence-corrected chi connectivity index (χ4v) is 3.03. The lowest BCUT2D eigenvalue weighted by Crippen LogP contribution is -2.40. The molecule has 1 aromatic rings. The van der Waals surface area contributed by atoms with E-state index in [1.165, 1.54) is 25.7 Å². The Labute approximate surface area is 128 Å². The van der Waals surface area contributed by atoms with Gasteiger partial charge in [0.1, 0.15) is 0 Å². The van der Waals surface area contributed by atoms with Gasteiger partial charge in [0.05, 0.1) is 17.3 Å². The van der Waals surface area contributed by atoms with E-state index in [2.05, 4.69) is 48.1 Å². The second-order valence-corrected chi connectivity index (χ2v) is 7.83. The minimum atomic E-state index is -0.701. The zero-order chi connectivity index (χ0) is 15.5. The van der Waals surface area contributed by atoms with Crippen LogP contribution in [0.1, 0.15) is 71.5 Å². The highest BCUT2D eigenvalue weighted by Gasteiger charge is 2.24. The molecule has 0 aliphatic heterocycles. The lowest BCUT2D eigenvalue weighted by molar-refractivity contribution is 0.0488. The molecular weight excluding hydrogens is 262 g/mol. The third-order valence-corrected chi connectivity index (χ3v) is 4.24. The zero-order valence-electron chi connectivity index (χ0n) is 14.0. The number of nitrogens with zero attached hydrogens (tertiary/aromatic N) is 2. The normalized spacial score (nSPS) is 19.9. The largest absolute Gasteiger partial charge is 0.390 e. The molecule has 1 unspecified atom stereocenters. The summed E-state index contributed by atoms with van der Waals surface area (Å²) in [5.41, 5.74) is 0.399. The van der Waals surface area contributed by atoms with Gasteiger partial charge in [-0.1, -0.05) is 12.8 Å². The van der Waals surface area contributed by atoms with Crippen LogP contribution in [-0.4, -0.2) is 32.6 Å². The topological polar surface area (TPSA) is 50.1 Å². The predicted molar refractivity (Wildman–Crippen MR) is 86.4 cm³/mol. The van der Waals surface area contributed by atoms with Crippen molar-refractivity contribution in [2.24, 2.45) is 0 Å². The van der Waals surface area contributed by atoms with Gasteiger partial charge in [-0.3, -0.25) is 4.68 Å². The molecule has 0 amide bonds. The number of aromatic nitrogens is 2. The molecule has 2 N–H and O–H groups in total. The van der Waals surface area contributed by atoms with Gasteiger partial charge in [0.25, 0.3) is 0 Å². The lowest BCUT2D eigenvalue weighted by atomic mass is 9.95. The summed E-state index contributed by atoms with van der Waals surface area (Å²) < 4.78 is 2.10. The average Bonchev–Trinajstić information content (AvgIpc) is 2.95. The van der Waals surface area contributed by atoms with Crippen molar-refractivity contribution >= 4 is 0 Å². The standard InChI is InChI=1S/C17H31N3O/c1-16(2,3)18-11-10-17(4,21)13-14-9-12-20(19-14)15-7-5-6-8-15/h9,12,15,18,21H,5-8,10-11,13H2,1-4H3. The Kier molecular flexibility index (Phi) is 5.10. The molecule has 0 aromatic carbocycles. The molecule has 1 aromatic heterocycles. The molecule has 1 heterocycles. The van der Waals surface area contributed by atoms with Gasteiger partial charge < -0.3 is 10.4 Å². The Morgan fingerprint density at radius 1 is 1.29 bits per heavy atom. The molecule has 1 fully saturated rings. The van der Waals surface area contributed by atoms with Crippen molar-refractivity contribution in [3.63, 3.8) is 0 Å². The van der Waals surface area contributed by atoms with Crippen molar-refractivity contribution in [1.82, 2.24) is 15.1 Å². The Balaban J connectivity index is 1.84. The van der Waals surface area contributed by atoms with Crippen LogP contribution in [0.4, 0.5) is 0 Å². The maximum atomic E-state index is 10.6. The van der Waals surface area contributed by atoms with Crippen LogP contribution in [0.5, 0.6) is 0 Å². The molecule has 120 valence electrons. The summed E-state index contributed by atoms with van der Waals surface area (Å²) in [4.78, 5) is 0. The van der Waals surface area contributed by atoms with Gasteiger partial charge in [0.15, 0.2) is 0 Å². The van der Waals surface area contributed by atoms with E-state index in [0.717, 1.165) is 18.7 Å². The van der Waals surface area contributed by atoms with E-state index in [4.69, 9.17) is 0 Å². The molecule has 2 rings (SSSR count). The van der Waals surface area contributed by atoms with E-state index in [-0.39, 0.29) is 5.54 Å². The van der Waals surface area contributed by atoms with Gasteiger partial charge >= 0.3 is 0 Å². The summed E-state index contributed by atoms with van der Waals surface area (Å²) >= 11 is 0. The smallest absolute Gasteiger partial charge is 0.0687 e. The molecule has 0 radical (unpaired) electrons. The quantitative estimate of drug-likeness (QED) is 0.847. The van der Waals surface area contributed by atoms with Crippen molar-refractivity contribution in [2.75, 3.05) is 6.54 Å². The molecule has 0 spiro atoms. The van der Waals surface area contributed by atoms with Crippen LogP contribution in [-0.2, 0) is 6.42 Å². The van der Waals surface area contributed by atoms with Crippen LogP contribution in [0.25, 0.3) is 0 Å². The maximum absolute atomic E-state index is 10.6. The van der Waals surface area contributed by atoms with Crippen LogP contribution in [0.3, 0.4) is 0 Å². The number of aliphatic hydroxyl groups is 1. The van der Waals surface area contributed by atoms with E-state index in [0.29, 0.717) is 12.5 Å². The van der Waals surface area contributed by atoms with Crippen molar-refractivity contribution < 1.29 is 5.11 Å². The summed E-state index contributed by atoms with van der Waals surface area (Å²) in [6.45, 7) is 9.16. The van der Waals surface area contributed by atoms with Gasteiger partial charge in [-0.2, -0.15) is 5.10 Å². The summed E-state index contributed by atoms with van der Waals surface area (Å²) in [6, 6.07) is 2.63. The number of rotatable bonds is 6. The van der Waals surface area contributed by atoms with Gasteiger partial charge in [-0.15, -0.1) is 0 Å². The van der Waals surface area contributed by atoms with Crippen molar-refractivity contribution in [2.45, 2.75) is 83.4 Å². The van der Waals surface area contributed by atoms with Crippen LogP contribution in [0.15, 0.2) is 12.3 Å². The molecule has 4 heteroatoms. The third-order valence-electron chi connectivity index (χ3n) is 4.24. The Hall–Kier alpha value is -0.870. The van der Waals surface area contributed by atoms with E-state index in [1.807, 2.05) is 6.92 Å². The zero-order valence-corrected chi connectivity index (χ0v) is 14.0. The molecule has 1 aliphatic carbocycles. The SMILES string of the molecule is CC(O)(CCNC(C)(C)C)Cc1ccn(C2CCCC2)n1. The monoisotopic (exact) mass is 293 g/mol. The fraction of sp³-hybridized carbons (Fsp3) is 0.824. The van der Waals surface area contributed by atoms with E-state index >= 15 is 0 Å². The Morgan fingerprint density at radius 2 is 1.95 bits per heavy atom. The first-order chi connectivity index (χ1) is 9.75. The highest BCUT2D eigenvalue weighted by molar-refractivity contribution is 5.04. The minimum absolute atomic E-state index is 0.0974. The van der Waals surface area contributed by atoms with Crippen molar-refractivity contribution in [1.29, 1.82) is 0 Å². The first kappa shape index (κ1) is 16.5. The van der Waals surface area contributed by atoms with Crippen molar-refractivity contribution in [3.05, 3.63) is 18.0 Å². The Bertz CT molecular complexity index is 439. The molecule has 1 atom stereocenters. The first-order valence-corrected chi connectivity index (χ1v) is 8.27. The highest BCUT2D eigenvalue weighted by atomic mass is 16.3. The van der Waals surface area contributed by atoms with Gasteiger partial charge in [-0.05, 0) is 59.6 Å². The van der Waals surface area contributed by atoms with Gasteiger partial charge in [0.2, 0.25) is 0 Å². The lowest BCUT2D eigenvalue weighted by Gasteiger charge is -2.26. The molecule has 0 bridgehead atoms. The highest BCUT2D eigenvalue weighted by Crippen LogP contribution is 2.29. The molecule has 0 saturated heterocycles. The molecule has 1 saturated carbocycles. The second kappa shape index (κ2) is 6.49. The fourth-order valence-electron chi connectivity index (χ4n) is 3.03. The number of hydrogen-bond acceptors (Lipinski definition) is 3. The van der Waals surface area contributed by atoms with E-state index in [1.54, 1.807) is 0 Å². The summed E-state index contributed by atoms with van der Waals surface area (Å²) in [7, 11) is 0. The van der Waals surface area contributed by atoms with Crippen LogP contribution in [0.2, 0.25) is 0 Å². The Morgan fingerprint density at radius 3 is 2.57 bits per heavy atom. The molecule has 1 aliphatic rings. The summed E-state index contributed by atoms with van der Waals surface area (Å²) in [5.74, 6) is 0. The van der Waals surface area contributed by atoms with Gasteiger partial charge in [-0.25, -0.2) is 0 Å². The van der Waals surface area contributed by atoms with E-state index in [9.17, 15) is 5.11 Å². The second-order valence-electron chi connectivity index (χ2n) is 7.83. The average molecular weight is 293 g/mol. The van der Waals surface area contributed by atoms with E-state index < -0.39 is 5.60 Å². The molecule has 21 heavy (non-hydrogen) atoms. The maximum Gasteiger partial charge on any atom is 0.0687 e. The van der Waals surface area contributed by atoms with Crippen LogP contribution < -0.4 is 5.32 Å². The first-order valence-electron chi connectivity index (χ1n) is 8.27. The molecule has 4 nitrogen and oxygen atoms in total. The van der Waals surface area contributed by atoms with Crippen molar-refractivity contribution in [3.8, 4) is 0 Å². The molecular formula is C17H31N3O. The third kappa shape index (κ3) is 5.44. The van der Waals surface area contributed by atoms with Crippen LogP contribution in [0, 0.1) is 0 Å². The van der Waals surface area contributed by atoms with Gasteiger partial charge in [0, 0.05) is 18.2 Å².